The van der Waals surface area contributed by atoms with Crippen LogP contribution in [0.2, 0.25) is 0 Å². The quantitative estimate of drug-likeness (QED) is 0.721. The van der Waals surface area contributed by atoms with Crippen LogP contribution in [0.1, 0.15) is 27.0 Å². The van der Waals surface area contributed by atoms with Crippen LogP contribution in [0.3, 0.4) is 0 Å². The number of aryl methyl sites for hydroxylation is 2. The monoisotopic (exact) mass is 380 g/mol. The molecule has 2 N–H and O–H groups in total. The van der Waals surface area contributed by atoms with Crippen molar-refractivity contribution in [2.45, 2.75) is 19.8 Å². The largest absolute Gasteiger partial charge is 0.321 e. The summed E-state index contributed by atoms with van der Waals surface area (Å²) in [5, 5.41) is 5.27. The first-order chi connectivity index (χ1) is 12.8. The van der Waals surface area contributed by atoms with E-state index in [1.54, 1.807) is 25.1 Å². The highest BCUT2D eigenvalue weighted by molar-refractivity contribution is 7.92. The molecular formula is C21H20N2O3S. The van der Waals surface area contributed by atoms with Gasteiger partial charge in [-0.25, -0.2) is 8.42 Å². The van der Waals surface area contributed by atoms with Crippen molar-refractivity contribution in [2.75, 3.05) is 16.3 Å². The minimum atomic E-state index is -3.41. The zero-order valence-electron chi connectivity index (χ0n) is 15.2. The molecule has 6 heteroatoms. The van der Waals surface area contributed by atoms with Crippen molar-refractivity contribution in [1.82, 2.24) is 0 Å². The molecule has 1 aliphatic carbocycles. The lowest BCUT2D eigenvalue weighted by Crippen LogP contribution is -2.16. The lowest BCUT2D eigenvalue weighted by molar-refractivity contribution is 0.102. The van der Waals surface area contributed by atoms with Crippen LogP contribution in [-0.4, -0.2) is 20.6 Å². The van der Waals surface area contributed by atoms with E-state index in [0.29, 0.717) is 16.8 Å². The molecule has 5 nitrogen and oxygen atoms in total. The molecule has 0 spiro atoms. The standard InChI is InChI=1S/C21H20N2O3S/c1-13-16(6-4-8-18(13)23-27(2,25)26)21(24)22-19-12-11-15-10-9-14-5-3-7-17(19)20(14)15/h3-8,11-12,23H,9-10H2,1-2H3,(H,22,24). The molecule has 0 saturated carbocycles. The van der Waals surface area contributed by atoms with Crippen LogP contribution in [0.5, 0.6) is 0 Å². The Morgan fingerprint density at radius 3 is 2.37 bits per heavy atom. The zero-order valence-corrected chi connectivity index (χ0v) is 16.0. The molecule has 0 atom stereocenters. The fourth-order valence-corrected chi connectivity index (χ4v) is 4.36. The van der Waals surface area contributed by atoms with E-state index in [2.05, 4.69) is 22.2 Å². The van der Waals surface area contributed by atoms with Crippen LogP contribution in [0.15, 0.2) is 48.5 Å². The summed E-state index contributed by atoms with van der Waals surface area (Å²) >= 11 is 0. The number of hydrogen-bond donors (Lipinski definition) is 2. The van der Waals surface area contributed by atoms with E-state index < -0.39 is 10.0 Å². The number of sulfonamides is 1. The topological polar surface area (TPSA) is 75.3 Å². The van der Waals surface area contributed by atoms with E-state index in [9.17, 15) is 13.2 Å². The average molecular weight is 380 g/mol. The lowest BCUT2D eigenvalue weighted by Gasteiger charge is -2.14. The van der Waals surface area contributed by atoms with E-state index in [4.69, 9.17) is 0 Å². The molecule has 0 unspecified atom stereocenters. The van der Waals surface area contributed by atoms with Gasteiger partial charge in [0.05, 0.1) is 11.9 Å². The van der Waals surface area contributed by atoms with Gasteiger partial charge in [0.1, 0.15) is 0 Å². The number of anilines is 2. The zero-order chi connectivity index (χ0) is 19.2. The molecule has 0 bridgehead atoms. The second-order valence-electron chi connectivity index (χ2n) is 6.92. The van der Waals surface area contributed by atoms with Crippen molar-refractivity contribution in [3.05, 3.63) is 70.8 Å². The summed E-state index contributed by atoms with van der Waals surface area (Å²) in [6.45, 7) is 1.73. The maximum Gasteiger partial charge on any atom is 0.256 e. The third-order valence-corrected chi connectivity index (χ3v) is 5.59. The van der Waals surface area contributed by atoms with E-state index in [-0.39, 0.29) is 5.91 Å². The van der Waals surface area contributed by atoms with E-state index in [1.165, 1.54) is 16.5 Å². The predicted molar refractivity (Wildman–Crippen MR) is 109 cm³/mol. The second-order valence-corrected chi connectivity index (χ2v) is 8.67. The van der Waals surface area contributed by atoms with Crippen LogP contribution >= 0.6 is 0 Å². The maximum atomic E-state index is 12.9. The van der Waals surface area contributed by atoms with Crippen LogP contribution in [0, 0.1) is 6.92 Å². The molecule has 3 aromatic rings. The van der Waals surface area contributed by atoms with Crippen LogP contribution in [-0.2, 0) is 22.9 Å². The number of nitrogens with one attached hydrogen (secondary N) is 2. The highest BCUT2D eigenvalue weighted by Crippen LogP contribution is 2.35. The van der Waals surface area contributed by atoms with Gasteiger partial charge in [-0.1, -0.05) is 30.3 Å². The SMILES string of the molecule is Cc1c(NS(C)(=O)=O)cccc1C(=O)Nc1ccc2c3c(cccc13)CC2. The normalized spacial score (nSPS) is 13.0. The Kier molecular flexibility index (Phi) is 4.15. The summed E-state index contributed by atoms with van der Waals surface area (Å²) < 4.78 is 25.5. The first kappa shape index (κ1) is 17.5. The number of benzene rings is 3. The Morgan fingerprint density at radius 1 is 0.926 bits per heavy atom. The van der Waals surface area contributed by atoms with Gasteiger partial charge in [0.25, 0.3) is 5.91 Å². The Morgan fingerprint density at radius 2 is 1.63 bits per heavy atom. The molecule has 3 aromatic carbocycles. The summed E-state index contributed by atoms with van der Waals surface area (Å²) in [7, 11) is -3.41. The van der Waals surface area contributed by atoms with E-state index >= 15 is 0 Å². The van der Waals surface area contributed by atoms with Gasteiger partial charge in [-0.2, -0.15) is 0 Å². The van der Waals surface area contributed by atoms with Gasteiger partial charge in [-0.05, 0) is 60.0 Å². The predicted octanol–water partition coefficient (Wildman–Crippen LogP) is 3.87. The summed E-state index contributed by atoms with van der Waals surface area (Å²) in [5.41, 5.74) is 4.83. The molecule has 0 aromatic heterocycles. The van der Waals surface area contributed by atoms with Crippen molar-refractivity contribution >= 4 is 38.1 Å². The molecule has 1 aliphatic rings. The highest BCUT2D eigenvalue weighted by Gasteiger charge is 2.18. The molecule has 1 amide bonds. The Bertz CT molecular complexity index is 1170. The smallest absolute Gasteiger partial charge is 0.256 e. The van der Waals surface area contributed by atoms with Crippen molar-refractivity contribution in [3.8, 4) is 0 Å². The highest BCUT2D eigenvalue weighted by atomic mass is 32.2. The molecule has 0 heterocycles. The fourth-order valence-electron chi connectivity index (χ4n) is 3.74. The van der Waals surface area contributed by atoms with Crippen molar-refractivity contribution in [3.63, 3.8) is 0 Å². The Labute approximate surface area is 158 Å². The van der Waals surface area contributed by atoms with Gasteiger partial charge < -0.3 is 5.32 Å². The first-order valence-electron chi connectivity index (χ1n) is 8.76. The number of carbonyl (C=O) groups is 1. The van der Waals surface area contributed by atoms with Gasteiger partial charge in [-0.15, -0.1) is 0 Å². The van der Waals surface area contributed by atoms with Crippen molar-refractivity contribution < 1.29 is 13.2 Å². The van der Waals surface area contributed by atoms with Gasteiger partial charge in [0, 0.05) is 16.6 Å². The van der Waals surface area contributed by atoms with E-state index in [1.807, 2.05) is 18.2 Å². The number of amides is 1. The van der Waals surface area contributed by atoms with Crippen LogP contribution < -0.4 is 10.0 Å². The number of carbonyl (C=O) groups excluding carboxylic acids is 1. The average Bonchev–Trinajstić information content (AvgIpc) is 3.03. The summed E-state index contributed by atoms with van der Waals surface area (Å²) in [5.74, 6) is -0.261. The minimum Gasteiger partial charge on any atom is -0.321 e. The third kappa shape index (κ3) is 3.28. The van der Waals surface area contributed by atoms with Gasteiger partial charge in [-0.3, -0.25) is 9.52 Å². The molecular weight excluding hydrogens is 360 g/mol. The Hall–Kier alpha value is -2.86. The maximum absolute atomic E-state index is 12.9. The molecule has 0 saturated heterocycles. The summed E-state index contributed by atoms with van der Waals surface area (Å²) in [4.78, 5) is 12.9. The summed E-state index contributed by atoms with van der Waals surface area (Å²) in [6, 6.07) is 15.2. The molecule has 4 rings (SSSR count). The third-order valence-electron chi connectivity index (χ3n) is 5.00. The van der Waals surface area contributed by atoms with Crippen molar-refractivity contribution in [2.24, 2.45) is 0 Å². The van der Waals surface area contributed by atoms with Gasteiger partial charge in [0.15, 0.2) is 0 Å². The second kappa shape index (κ2) is 6.39. The van der Waals surface area contributed by atoms with Gasteiger partial charge >= 0.3 is 0 Å². The van der Waals surface area contributed by atoms with Crippen molar-refractivity contribution in [1.29, 1.82) is 0 Å². The molecule has 0 radical (unpaired) electrons. The Balaban J connectivity index is 1.70. The molecule has 138 valence electrons. The number of hydrogen-bond acceptors (Lipinski definition) is 3. The summed E-state index contributed by atoms with van der Waals surface area (Å²) in [6.07, 6.45) is 3.15. The fraction of sp³-hybridized carbons (Fsp3) is 0.190. The molecule has 0 fully saturated rings. The lowest BCUT2D eigenvalue weighted by atomic mass is 10.0. The van der Waals surface area contributed by atoms with Crippen LogP contribution in [0.4, 0.5) is 11.4 Å². The van der Waals surface area contributed by atoms with Crippen LogP contribution in [0.25, 0.3) is 10.8 Å². The molecule has 0 aliphatic heterocycles. The molecule has 27 heavy (non-hydrogen) atoms. The minimum absolute atomic E-state index is 0.261. The van der Waals surface area contributed by atoms with E-state index in [0.717, 1.165) is 30.2 Å². The number of rotatable bonds is 4. The van der Waals surface area contributed by atoms with Gasteiger partial charge in [0.2, 0.25) is 10.0 Å². The first-order valence-corrected chi connectivity index (χ1v) is 10.6.